The van der Waals surface area contributed by atoms with Crippen LogP contribution in [0.15, 0.2) is 99.3 Å². The first-order valence-electron chi connectivity index (χ1n) is 11.8. The molecule has 2 heterocycles. The van der Waals surface area contributed by atoms with Gasteiger partial charge in [-0.1, -0.05) is 60.7 Å². The Balaban J connectivity index is 1.23. The van der Waals surface area contributed by atoms with E-state index in [-0.39, 0.29) is 10.9 Å². The number of carbonyl (C=O) groups is 1. The molecule has 5 nitrogen and oxygen atoms in total. The number of hydrogen-bond donors (Lipinski definition) is 0. The van der Waals surface area contributed by atoms with Crippen LogP contribution in [0.25, 0.3) is 11.0 Å². The first-order chi connectivity index (χ1) is 17.0. The fourth-order valence-corrected chi connectivity index (χ4v) is 7.08. The molecule has 3 aromatic carbocycles. The molecule has 1 aromatic heterocycles. The molecule has 0 bridgehead atoms. The second-order valence-electron chi connectivity index (χ2n) is 8.77. The van der Waals surface area contributed by atoms with Gasteiger partial charge in [0.1, 0.15) is 5.58 Å². The number of rotatable bonds is 9. The fraction of sp³-hybridized carbons (Fsp3) is 0.250. The number of furan rings is 1. The molecular weight excluding hydrogens is 478 g/mol. The van der Waals surface area contributed by atoms with Gasteiger partial charge in [0.25, 0.3) is 10.0 Å². The maximum atomic E-state index is 13.3. The molecule has 0 radical (unpaired) electrons. The predicted molar refractivity (Wildman–Crippen MR) is 139 cm³/mol. The first-order valence-corrected chi connectivity index (χ1v) is 14.2. The molecule has 5 rings (SSSR count). The van der Waals surface area contributed by atoms with Crippen LogP contribution in [0.4, 0.5) is 0 Å². The van der Waals surface area contributed by atoms with E-state index in [0.29, 0.717) is 37.8 Å². The SMILES string of the molecule is O=C(CCc1cccc(SCc2ccccc2)c1)C1CCCN1S(=O)(=O)c1cc2ccccc2o1. The number of carbonyl (C=O) groups excluding carboxylic acids is 1. The van der Waals surface area contributed by atoms with E-state index in [0.717, 1.165) is 21.6 Å². The summed E-state index contributed by atoms with van der Waals surface area (Å²) in [5, 5.41) is 0.639. The molecule has 180 valence electrons. The van der Waals surface area contributed by atoms with Gasteiger partial charge < -0.3 is 4.42 Å². The van der Waals surface area contributed by atoms with Crippen LogP contribution in [0.2, 0.25) is 0 Å². The van der Waals surface area contributed by atoms with E-state index in [2.05, 4.69) is 24.3 Å². The fourth-order valence-electron chi connectivity index (χ4n) is 4.52. The zero-order valence-electron chi connectivity index (χ0n) is 19.3. The van der Waals surface area contributed by atoms with Crippen molar-refractivity contribution in [3.63, 3.8) is 0 Å². The minimum Gasteiger partial charge on any atom is -0.443 e. The Kier molecular flexibility index (Phi) is 7.09. The number of aryl methyl sites for hydroxylation is 1. The van der Waals surface area contributed by atoms with Crippen molar-refractivity contribution in [2.24, 2.45) is 0 Å². The third-order valence-corrected chi connectivity index (χ3v) is 9.18. The summed E-state index contributed by atoms with van der Waals surface area (Å²) in [4.78, 5) is 14.3. The van der Waals surface area contributed by atoms with Gasteiger partial charge >= 0.3 is 0 Å². The smallest absolute Gasteiger partial charge is 0.277 e. The summed E-state index contributed by atoms with van der Waals surface area (Å²) in [5.41, 5.74) is 2.88. The van der Waals surface area contributed by atoms with Crippen molar-refractivity contribution in [3.8, 4) is 0 Å². The molecule has 1 fully saturated rings. The lowest BCUT2D eigenvalue weighted by Gasteiger charge is -2.21. The van der Waals surface area contributed by atoms with Crippen molar-refractivity contribution < 1.29 is 17.6 Å². The number of Topliss-reactive ketones (excluding diaryl/α,β-unsaturated/α-hetero) is 1. The van der Waals surface area contributed by atoms with Gasteiger partial charge in [-0.25, -0.2) is 8.42 Å². The van der Waals surface area contributed by atoms with Crippen LogP contribution in [0, 0.1) is 0 Å². The van der Waals surface area contributed by atoms with E-state index < -0.39 is 16.1 Å². The maximum absolute atomic E-state index is 13.3. The summed E-state index contributed by atoms with van der Waals surface area (Å²) < 4.78 is 33.6. The molecular formula is C28H27NO4S2. The zero-order chi connectivity index (χ0) is 24.3. The molecule has 0 N–H and O–H groups in total. The average Bonchev–Trinajstić information content (AvgIpc) is 3.55. The first kappa shape index (κ1) is 23.9. The number of benzene rings is 3. The molecule has 0 aliphatic carbocycles. The molecule has 4 aromatic rings. The number of sulfonamides is 1. The molecule has 1 aliphatic heterocycles. The Bertz CT molecular complexity index is 1400. The molecule has 1 atom stereocenters. The van der Waals surface area contributed by atoms with E-state index in [1.807, 2.05) is 42.5 Å². The van der Waals surface area contributed by atoms with Crippen molar-refractivity contribution in [2.45, 2.75) is 47.5 Å². The van der Waals surface area contributed by atoms with Crippen molar-refractivity contribution in [2.75, 3.05) is 6.54 Å². The van der Waals surface area contributed by atoms with Crippen molar-refractivity contribution in [3.05, 3.63) is 96.1 Å². The molecule has 0 saturated carbocycles. The van der Waals surface area contributed by atoms with E-state index in [4.69, 9.17) is 4.42 Å². The topological polar surface area (TPSA) is 67.6 Å². The lowest BCUT2D eigenvalue weighted by atomic mass is 10.0. The number of hydrogen-bond acceptors (Lipinski definition) is 5. The normalized spacial score (nSPS) is 16.6. The highest BCUT2D eigenvalue weighted by atomic mass is 32.2. The Labute approximate surface area is 210 Å². The summed E-state index contributed by atoms with van der Waals surface area (Å²) >= 11 is 1.77. The summed E-state index contributed by atoms with van der Waals surface area (Å²) in [6, 6.07) is 26.7. The molecule has 1 aliphatic rings. The van der Waals surface area contributed by atoms with Gasteiger partial charge in [-0.2, -0.15) is 4.31 Å². The molecule has 0 amide bonds. The summed E-state index contributed by atoms with van der Waals surface area (Å²) in [5.74, 6) is 0.851. The van der Waals surface area contributed by atoms with Crippen molar-refractivity contribution in [1.82, 2.24) is 4.31 Å². The highest BCUT2D eigenvalue weighted by Gasteiger charge is 2.40. The van der Waals surface area contributed by atoms with Gasteiger partial charge in [-0.15, -0.1) is 11.8 Å². The second kappa shape index (κ2) is 10.4. The van der Waals surface area contributed by atoms with Gasteiger partial charge in [0, 0.05) is 35.1 Å². The van der Waals surface area contributed by atoms with E-state index >= 15 is 0 Å². The van der Waals surface area contributed by atoms with Gasteiger partial charge in [0.2, 0.25) is 5.09 Å². The molecule has 0 spiro atoms. The third-order valence-electron chi connectivity index (χ3n) is 6.35. The molecule has 35 heavy (non-hydrogen) atoms. The van der Waals surface area contributed by atoms with Crippen LogP contribution >= 0.6 is 11.8 Å². The summed E-state index contributed by atoms with van der Waals surface area (Å²) in [6.45, 7) is 0.335. The number of ketones is 1. The number of fused-ring (bicyclic) bond motifs is 1. The standard InChI is InChI=1S/C28H27NO4S2/c30-26(16-15-21-10-6-12-24(18-21)34-20-22-8-2-1-3-9-22)25-13-7-17-29(25)35(31,32)28-19-23-11-4-5-14-27(23)33-28/h1-6,8-12,14,18-19,25H,7,13,15-17,20H2. The summed E-state index contributed by atoms with van der Waals surface area (Å²) in [6.07, 6.45) is 2.12. The van der Waals surface area contributed by atoms with Crippen LogP contribution in [0.5, 0.6) is 0 Å². The Morgan fingerprint density at radius 3 is 2.54 bits per heavy atom. The van der Waals surface area contributed by atoms with Gasteiger partial charge in [-0.05, 0) is 48.6 Å². The van der Waals surface area contributed by atoms with Crippen molar-refractivity contribution in [1.29, 1.82) is 0 Å². The number of para-hydroxylation sites is 1. The highest BCUT2D eigenvalue weighted by molar-refractivity contribution is 7.98. The van der Waals surface area contributed by atoms with Crippen LogP contribution in [0.1, 0.15) is 30.4 Å². The van der Waals surface area contributed by atoms with Crippen LogP contribution in [-0.2, 0) is 27.0 Å². The third kappa shape index (κ3) is 5.37. The minimum absolute atomic E-state index is 0.0375. The van der Waals surface area contributed by atoms with Crippen LogP contribution in [-0.4, -0.2) is 31.1 Å². The second-order valence-corrected chi connectivity index (χ2v) is 11.6. The lowest BCUT2D eigenvalue weighted by molar-refractivity contribution is -0.122. The Morgan fingerprint density at radius 1 is 0.943 bits per heavy atom. The van der Waals surface area contributed by atoms with E-state index in [1.54, 1.807) is 30.0 Å². The van der Waals surface area contributed by atoms with Crippen LogP contribution < -0.4 is 0 Å². The van der Waals surface area contributed by atoms with E-state index in [1.165, 1.54) is 9.87 Å². The largest absolute Gasteiger partial charge is 0.443 e. The lowest BCUT2D eigenvalue weighted by Crippen LogP contribution is -2.40. The van der Waals surface area contributed by atoms with Gasteiger partial charge in [0.05, 0.1) is 6.04 Å². The molecule has 7 heteroatoms. The minimum atomic E-state index is -3.88. The molecule has 1 unspecified atom stereocenters. The Morgan fingerprint density at radius 2 is 1.71 bits per heavy atom. The maximum Gasteiger partial charge on any atom is 0.277 e. The quantitative estimate of drug-likeness (QED) is 0.258. The zero-order valence-corrected chi connectivity index (χ0v) is 20.9. The summed E-state index contributed by atoms with van der Waals surface area (Å²) in [7, 11) is -3.88. The average molecular weight is 506 g/mol. The monoisotopic (exact) mass is 505 g/mol. The Hall–Kier alpha value is -2.87. The van der Waals surface area contributed by atoms with Gasteiger partial charge in [0.15, 0.2) is 5.78 Å². The number of nitrogens with zero attached hydrogens (tertiary/aromatic N) is 1. The van der Waals surface area contributed by atoms with Crippen molar-refractivity contribution >= 4 is 38.5 Å². The van der Waals surface area contributed by atoms with Gasteiger partial charge in [-0.3, -0.25) is 4.79 Å². The molecule has 1 saturated heterocycles. The van der Waals surface area contributed by atoms with E-state index in [9.17, 15) is 13.2 Å². The predicted octanol–water partition coefficient (Wildman–Crippen LogP) is 6.08. The number of thioether (sulfide) groups is 1. The van der Waals surface area contributed by atoms with Crippen LogP contribution in [0.3, 0.4) is 0 Å². The highest BCUT2D eigenvalue weighted by Crippen LogP contribution is 2.31.